The number of hydrogen-bond donors (Lipinski definition) is 0. The smallest absolute Gasteiger partial charge is 0.417 e. The van der Waals surface area contributed by atoms with Crippen molar-refractivity contribution in [2.75, 3.05) is 13.7 Å². The maximum atomic E-state index is 13.5. The van der Waals surface area contributed by atoms with E-state index in [-0.39, 0.29) is 11.9 Å². The molecule has 0 amide bonds. The van der Waals surface area contributed by atoms with Crippen LogP contribution in [-0.4, -0.2) is 22.8 Å². The van der Waals surface area contributed by atoms with Gasteiger partial charge in [0.15, 0.2) is 23.0 Å². The molecule has 0 spiro atoms. The van der Waals surface area contributed by atoms with E-state index >= 15 is 0 Å². The van der Waals surface area contributed by atoms with Gasteiger partial charge in [-0.05, 0) is 77.6 Å². The summed E-state index contributed by atoms with van der Waals surface area (Å²) in [5, 5.41) is 0. The Morgan fingerprint density at radius 1 is 1.06 bits per heavy atom. The van der Waals surface area contributed by atoms with E-state index in [1.165, 1.54) is 34.4 Å². The van der Waals surface area contributed by atoms with Crippen molar-refractivity contribution >= 4 is 23.4 Å². The maximum absolute atomic E-state index is 13.5. The molecule has 3 aromatic rings. The third kappa shape index (κ3) is 3.84. The zero-order valence-electron chi connectivity index (χ0n) is 17.7. The summed E-state index contributed by atoms with van der Waals surface area (Å²) in [7, 11) is 1.62. The van der Waals surface area contributed by atoms with Crippen LogP contribution in [0.15, 0.2) is 53.4 Å². The molecule has 0 saturated carbocycles. The molecule has 0 aliphatic carbocycles. The van der Waals surface area contributed by atoms with Crippen molar-refractivity contribution < 1.29 is 25.9 Å². The molecule has 3 aliphatic heterocycles. The first kappa shape index (κ1) is 20.8. The van der Waals surface area contributed by atoms with Crippen LogP contribution in [0.2, 0.25) is 0 Å². The summed E-state index contributed by atoms with van der Waals surface area (Å²) in [6, 6.07) is 14.5. The van der Waals surface area contributed by atoms with Crippen LogP contribution in [0, 0.1) is 5.82 Å². The second-order valence-corrected chi connectivity index (χ2v) is 9.75. The Kier molecular flexibility index (Phi) is 5.20. The van der Waals surface area contributed by atoms with Crippen molar-refractivity contribution in [3.63, 3.8) is 0 Å². The third-order valence-corrected chi connectivity index (χ3v) is 7.63. The predicted octanol–water partition coefficient (Wildman–Crippen LogP) is 4.93. The van der Waals surface area contributed by atoms with Gasteiger partial charge in [-0.15, -0.1) is 0 Å². The number of benzene rings is 3. The zero-order valence-corrected chi connectivity index (χ0v) is 19.3. The van der Waals surface area contributed by atoms with Crippen LogP contribution >= 0.6 is 12.0 Å². The molecule has 2 atom stereocenters. The number of rotatable bonds is 4. The Morgan fingerprint density at radius 2 is 1.88 bits per heavy atom. The van der Waals surface area contributed by atoms with Crippen LogP contribution in [0.3, 0.4) is 0 Å². The van der Waals surface area contributed by atoms with Crippen LogP contribution in [-0.2, 0) is 30.7 Å². The molecule has 33 heavy (non-hydrogen) atoms. The Labute approximate surface area is 197 Å². The first-order valence-electron chi connectivity index (χ1n) is 10.6. The number of fused-ring (bicyclic) bond motifs is 5. The highest BCUT2D eigenvalue weighted by molar-refractivity contribution is 7.95. The van der Waals surface area contributed by atoms with Crippen LogP contribution in [0.5, 0.6) is 23.0 Å². The van der Waals surface area contributed by atoms with Crippen LogP contribution in [0.25, 0.3) is 0 Å². The molecule has 0 bridgehead atoms. The van der Waals surface area contributed by atoms with Crippen LogP contribution < -0.4 is 17.3 Å². The van der Waals surface area contributed by atoms with E-state index in [4.69, 9.17) is 17.3 Å². The quantitative estimate of drug-likeness (QED) is 0.486. The topological polar surface area (TPSA) is 57.2 Å². The Hall–Kier alpha value is -2.75. The van der Waals surface area contributed by atoms with E-state index in [2.05, 4.69) is 4.90 Å². The largest absolute Gasteiger partial charge is 0.493 e. The van der Waals surface area contributed by atoms with Gasteiger partial charge in [0.25, 0.3) is 0 Å². The van der Waals surface area contributed by atoms with Crippen molar-refractivity contribution in [3.8, 4) is 23.0 Å². The highest BCUT2D eigenvalue weighted by Gasteiger charge is 2.35. The highest BCUT2D eigenvalue weighted by atomic mass is 32.2. The Bertz CT molecular complexity index is 1280. The van der Waals surface area contributed by atoms with Crippen molar-refractivity contribution in [1.29, 1.82) is 0 Å². The van der Waals surface area contributed by atoms with E-state index in [1.807, 2.05) is 24.3 Å². The molecule has 6 rings (SSSR count). The fourth-order valence-corrected chi connectivity index (χ4v) is 5.93. The monoisotopic (exact) mass is 485 g/mol. The molecule has 0 N–H and O–H groups in total. The average molecular weight is 486 g/mol. The molecule has 170 valence electrons. The molecule has 2 unspecified atom stereocenters. The number of nitrogens with zero attached hydrogens (tertiary/aromatic N) is 1. The van der Waals surface area contributed by atoms with Gasteiger partial charge in [-0.3, -0.25) is 4.90 Å². The molecule has 0 aromatic heterocycles. The second-order valence-electron chi connectivity index (χ2n) is 8.20. The first-order chi connectivity index (χ1) is 16.1. The lowest BCUT2D eigenvalue weighted by molar-refractivity contribution is 0.160. The standard InChI is InChI=1S/C24H20FNO5S2/c1-28-21-9-15-7-20-19-12-24-23(30-33(27)31-24)8-14(19)5-6-26(20)13-16(15)10-22(21)29-32-18-4-2-3-17(25)11-18/h2-4,8-12,20H,5-7,13H2,1H3. The summed E-state index contributed by atoms with van der Waals surface area (Å²) in [5.74, 6) is 2.05. The lowest BCUT2D eigenvalue weighted by atomic mass is 9.83. The van der Waals surface area contributed by atoms with Crippen molar-refractivity contribution in [1.82, 2.24) is 4.90 Å². The third-order valence-electron chi connectivity index (χ3n) is 6.29. The lowest BCUT2D eigenvalue weighted by Gasteiger charge is -2.41. The number of hydrogen-bond acceptors (Lipinski definition) is 7. The molecule has 0 radical (unpaired) electrons. The molecular formula is C24H20FNO5S2. The second kappa shape index (κ2) is 8.23. The van der Waals surface area contributed by atoms with E-state index in [0.29, 0.717) is 27.9 Å². The fraction of sp³-hybridized carbons (Fsp3) is 0.250. The van der Waals surface area contributed by atoms with Gasteiger partial charge in [-0.25, -0.2) is 4.39 Å². The normalized spacial score (nSPS) is 20.5. The van der Waals surface area contributed by atoms with E-state index in [1.54, 1.807) is 19.2 Å². The van der Waals surface area contributed by atoms with Gasteiger partial charge in [-0.1, -0.05) is 6.07 Å². The molecule has 6 nitrogen and oxygen atoms in total. The van der Waals surface area contributed by atoms with Crippen LogP contribution in [0.1, 0.15) is 28.3 Å². The number of methoxy groups -OCH3 is 1. The Balaban J connectivity index is 1.29. The summed E-state index contributed by atoms with van der Waals surface area (Å²) in [6.07, 6.45) is 1.71. The van der Waals surface area contributed by atoms with Gasteiger partial charge in [0.05, 0.1) is 24.0 Å². The highest BCUT2D eigenvalue weighted by Crippen LogP contribution is 2.46. The predicted molar refractivity (Wildman–Crippen MR) is 122 cm³/mol. The number of ether oxygens (including phenoxy) is 1. The summed E-state index contributed by atoms with van der Waals surface area (Å²) in [4.78, 5) is 3.13. The Morgan fingerprint density at radius 3 is 2.70 bits per heavy atom. The zero-order chi connectivity index (χ0) is 22.5. The minimum Gasteiger partial charge on any atom is -0.493 e. The van der Waals surface area contributed by atoms with E-state index in [9.17, 15) is 8.60 Å². The van der Waals surface area contributed by atoms with Gasteiger partial charge in [0.1, 0.15) is 5.82 Å². The van der Waals surface area contributed by atoms with Crippen LogP contribution in [0.4, 0.5) is 4.39 Å². The summed E-state index contributed by atoms with van der Waals surface area (Å²) in [6.45, 7) is 1.70. The van der Waals surface area contributed by atoms with Gasteiger partial charge >= 0.3 is 11.4 Å². The minimum atomic E-state index is -1.76. The van der Waals surface area contributed by atoms with Gasteiger partial charge in [0.2, 0.25) is 0 Å². The summed E-state index contributed by atoms with van der Waals surface area (Å²) >= 11 is -0.648. The molecular weight excluding hydrogens is 465 g/mol. The molecule has 3 aromatic carbocycles. The summed E-state index contributed by atoms with van der Waals surface area (Å²) in [5.41, 5.74) is 4.78. The van der Waals surface area contributed by atoms with Gasteiger partial charge < -0.3 is 17.3 Å². The fourth-order valence-electron chi connectivity index (χ4n) is 4.73. The molecule has 3 aliphatic rings. The number of halogens is 1. The van der Waals surface area contributed by atoms with Gasteiger partial charge in [-0.2, -0.15) is 4.21 Å². The molecule has 0 fully saturated rings. The minimum absolute atomic E-state index is 0.197. The van der Waals surface area contributed by atoms with E-state index < -0.39 is 11.4 Å². The van der Waals surface area contributed by atoms with E-state index in [0.717, 1.165) is 38.0 Å². The van der Waals surface area contributed by atoms with Crippen molar-refractivity contribution in [2.45, 2.75) is 30.3 Å². The molecule has 0 saturated heterocycles. The molecule has 9 heteroatoms. The van der Waals surface area contributed by atoms with Gasteiger partial charge in [0, 0.05) is 19.1 Å². The van der Waals surface area contributed by atoms with Crippen molar-refractivity contribution in [3.05, 3.63) is 76.6 Å². The van der Waals surface area contributed by atoms with Crippen molar-refractivity contribution in [2.24, 2.45) is 0 Å². The molecule has 3 heterocycles. The SMILES string of the molecule is COc1cc2c(cc1OSc1cccc(F)c1)CN1CCc3cc4c(cc3C1C2)OS(=O)O4. The average Bonchev–Trinajstić information content (AvgIpc) is 3.18. The summed E-state index contributed by atoms with van der Waals surface area (Å²) < 4.78 is 47.2. The maximum Gasteiger partial charge on any atom is 0.417 e. The first-order valence-corrected chi connectivity index (χ1v) is 12.3. The lowest BCUT2D eigenvalue weighted by Crippen LogP contribution is -2.39.